The fraction of sp³-hybridized carbons (Fsp3) is 0.500. The van der Waals surface area contributed by atoms with E-state index in [1.807, 2.05) is 13.0 Å². The van der Waals surface area contributed by atoms with Crippen molar-refractivity contribution in [2.75, 3.05) is 13.7 Å². The summed E-state index contributed by atoms with van der Waals surface area (Å²) < 4.78 is 16.1. The van der Waals surface area contributed by atoms with Crippen LogP contribution in [0.3, 0.4) is 0 Å². The van der Waals surface area contributed by atoms with Gasteiger partial charge in [0.1, 0.15) is 35.9 Å². The topological polar surface area (TPSA) is 109 Å². The Morgan fingerprint density at radius 3 is 2.52 bits per heavy atom. The minimum Gasteiger partial charge on any atom is -0.497 e. The Hall–Kier alpha value is -1.64. The number of hydrogen-bond acceptors (Lipinski definition) is 7. The number of aliphatic hydroxyl groups excluding tert-OH is 4. The predicted molar refractivity (Wildman–Crippen MR) is 82.1 cm³/mol. The first kappa shape index (κ1) is 17.7. The van der Waals surface area contributed by atoms with E-state index < -0.39 is 37.3 Å². The Morgan fingerprint density at radius 2 is 1.91 bits per heavy atom. The van der Waals surface area contributed by atoms with Crippen molar-refractivity contribution in [2.45, 2.75) is 37.6 Å². The number of hydrogen-bond donors (Lipinski definition) is 4. The van der Waals surface area contributed by atoms with E-state index in [2.05, 4.69) is 0 Å². The van der Waals surface area contributed by atoms with Gasteiger partial charge in [-0.3, -0.25) is 0 Å². The second-order valence-corrected chi connectivity index (χ2v) is 5.22. The smallest absolute Gasteiger partial charge is 0.229 e. The van der Waals surface area contributed by atoms with E-state index in [-0.39, 0.29) is 0 Å². The second kappa shape index (κ2) is 7.76. The summed E-state index contributed by atoms with van der Waals surface area (Å²) in [5, 5.41) is 38.8. The summed E-state index contributed by atoms with van der Waals surface area (Å²) in [7, 11) is 1.55. The molecule has 7 heteroatoms. The number of rotatable bonds is 5. The zero-order chi connectivity index (χ0) is 17.0. The van der Waals surface area contributed by atoms with Crippen LogP contribution in [0.4, 0.5) is 0 Å². The highest BCUT2D eigenvalue weighted by Crippen LogP contribution is 2.29. The van der Waals surface area contributed by atoms with Gasteiger partial charge in [-0.25, -0.2) is 0 Å². The van der Waals surface area contributed by atoms with E-state index in [0.29, 0.717) is 17.1 Å². The van der Waals surface area contributed by atoms with Gasteiger partial charge in [-0.15, -0.1) is 0 Å². The molecule has 1 aromatic rings. The van der Waals surface area contributed by atoms with Crippen LogP contribution in [0, 0.1) is 0 Å². The van der Waals surface area contributed by atoms with Gasteiger partial charge in [0.05, 0.1) is 13.7 Å². The number of aliphatic hydroxyl groups is 4. The van der Waals surface area contributed by atoms with Crippen LogP contribution in [0.5, 0.6) is 11.5 Å². The SMILES string of the molecule is CC=Cc1cc(OC)ccc1O[C@@H]1O[C@H](CO)[C@@H](O)[C@H](O)[C@H]1O. The van der Waals surface area contributed by atoms with Gasteiger partial charge in [0.2, 0.25) is 6.29 Å². The first-order valence-electron chi connectivity index (χ1n) is 7.29. The number of benzene rings is 1. The Kier molecular flexibility index (Phi) is 5.97. The van der Waals surface area contributed by atoms with E-state index in [1.54, 1.807) is 31.4 Å². The minimum absolute atomic E-state index is 0.410. The number of ether oxygens (including phenoxy) is 3. The molecular formula is C16H22O7. The van der Waals surface area contributed by atoms with Crippen LogP contribution in [-0.4, -0.2) is 64.8 Å². The lowest BCUT2D eigenvalue weighted by Crippen LogP contribution is -2.60. The standard InChI is InChI=1S/C16H22O7/c1-3-4-9-7-10(21-2)5-6-11(9)22-16-15(20)14(19)13(18)12(8-17)23-16/h3-7,12-20H,8H2,1-2H3/t12-,13-,14+,15-,16-/m1/s1. The van der Waals surface area contributed by atoms with Crippen LogP contribution in [0.15, 0.2) is 24.3 Å². The summed E-state index contributed by atoms with van der Waals surface area (Å²) in [5.41, 5.74) is 0.698. The molecule has 0 spiro atoms. The van der Waals surface area contributed by atoms with Crippen LogP contribution in [0.25, 0.3) is 6.08 Å². The van der Waals surface area contributed by atoms with Gasteiger partial charge >= 0.3 is 0 Å². The maximum atomic E-state index is 10.0. The molecule has 4 N–H and O–H groups in total. The molecule has 0 unspecified atom stereocenters. The molecule has 23 heavy (non-hydrogen) atoms. The van der Waals surface area contributed by atoms with Crippen LogP contribution < -0.4 is 9.47 Å². The minimum atomic E-state index is -1.48. The molecule has 0 saturated carbocycles. The molecule has 1 fully saturated rings. The Labute approximate surface area is 134 Å². The molecule has 0 amide bonds. The zero-order valence-electron chi connectivity index (χ0n) is 13.0. The third kappa shape index (κ3) is 3.82. The molecule has 7 nitrogen and oxygen atoms in total. The van der Waals surface area contributed by atoms with E-state index in [0.717, 1.165) is 0 Å². The lowest BCUT2D eigenvalue weighted by molar-refractivity contribution is -0.277. The van der Waals surface area contributed by atoms with Crippen LogP contribution in [0.2, 0.25) is 0 Å². The van der Waals surface area contributed by atoms with E-state index >= 15 is 0 Å². The summed E-state index contributed by atoms with van der Waals surface area (Å²) in [4.78, 5) is 0. The summed E-state index contributed by atoms with van der Waals surface area (Å²) in [6.45, 7) is 1.34. The summed E-state index contributed by atoms with van der Waals surface area (Å²) in [5.74, 6) is 1.05. The van der Waals surface area contributed by atoms with E-state index in [4.69, 9.17) is 14.2 Å². The molecule has 2 rings (SSSR count). The molecule has 0 aliphatic carbocycles. The Balaban J connectivity index is 2.23. The van der Waals surface area contributed by atoms with Gasteiger partial charge in [0.15, 0.2) is 0 Å². The van der Waals surface area contributed by atoms with Crippen molar-refractivity contribution < 1.29 is 34.6 Å². The highest BCUT2D eigenvalue weighted by molar-refractivity contribution is 5.59. The van der Waals surface area contributed by atoms with Crippen LogP contribution in [-0.2, 0) is 4.74 Å². The quantitative estimate of drug-likeness (QED) is 0.599. The van der Waals surface area contributed by atoms with Crippen molar-refractivity contribution >= 4 is 6.08 Å². The average molecular weight is 326 g/mol. The van der Waals surface area contributed by atoms with Gasteiger partial charge in [0, 0.05) is 5.56 Å². The molecule has 0 radical (unpaired) electrons. The third-order valence-electron chi connectivity index (χ3n) is 3.65. The molecule has 1 aliphatic heterocycles. The Bertz CT molecular complexity index is 543. The van der Waals surface area contributed by atoms with Gasteiger partial charge in [0.25, 0.3) is 0 Å². The average Bonchev–Trinajstić information content (AvgIpc) is 2.56. The summed E-state index contributed by atoms with van der Waals surface area (Å²) >= 11 is 0. The van der Waals surface area contributed by atoms with Crippen LogP contribution in [0.1, 0.15) is 12.5 Å². The molecule has 1 saturated heterocycles. The third-order valence-corrected chi connectivity index (χ3v) is 3.65. The fourth-order valence-corrected chi connectivity index (χ4v) is 2.36. The van der Waals surface area contributed by atoms with Crippen molar-refractivity contribution in [1.82, 2.24) is 0 Å². The van der Waals surface area contributed by atoms with E-state index in [1.165, 1.54) is 0 Å². The highest BCUT2D eigenvalue weighted by Gasteiger charge is 2.44. The molecule has 0 aromatic heterocycles. The molecule has 1 aliphatic rings. The largest absolute Gasteiger partial charge is 0.497 e. The molecular weight excluding hydrogens is 304 g/mol. The van der Waals surface area contributed by atoms with Gasteiger partial charge < -0.3 is 34.6 Å². The monoisotopic (exact) mass is 326 g/mol. The fourth-order valence-electron chi connectivity index (χ4n) is 2.36. The van der Waals surface area contributed by atoms with Crippen molar-refractivity contribution in [3.8, 4) is 11.5 Å². The van der Waals surface area contributed by atoms with Gasteiger partial charge in [-0.2, -0.15) is 0 Å². The van der Waals surface area contributed by atoms with Crippen LogP contribution >= 0.6 is 0 Å². The maximum Gasteiger partial charge on any atom is 0.229 e. The van der Waals surface area contributed by atoms with Crippen molar-refractivity contribution in [1.29, 1.82) is 0 Å². The van der Waals surface area contributed by atoms with Gasteiger partial charge in [-0.05, 0) is 25.1 Å². The predicted octanol–water partition coefficient (Wildman–Crippen LogP) is -0.0930. The van der Waals surface area contributed by atoms with E-state index in [9.17, 15) is 20.4 Å². The first-order valence-corrected chi connectivity index (χ1v) is 7.29. The molecule has 1 heterocycles. The second-order valence-electron chi connectivity index (χ2n) is 5.22. The zero-order valence-corrected chi connectivity index (χ0v) is 13.0. The first-order chi connectivity index (χ1) is 11.0. The molecule has 5 atom stereocenters. The summed E-state index contributed by atoms with van der Waals surface area (Å²) in [6, 6.07) is 5.08. The van der Waals surface area contributed by atoms with Crippen molar-refractivity contribution in [3.05, 3.63) is 29.8 Å². The Morgan fingerprint density at radius 1 is 1.17 bits per heavy atom. The van der Waals surface area contributed by atoms with Crippen molar-refractivity contribution in [2.24, 2.45) is 0 Å². The summed E-state index contributed by atoms with van der Waals surface area (Å²) in [6.07, 6.45) is -2.97. The van der Waals surface area contributed by atoms with Crippen molar-refractivity contribution in [3.63, 3.8) is 0 Å². The maximum absolute atomic E-state index is 10.0. The normalized spacial score (nSPS) is 31.3. The molecule has 128 valence electrons. The van der Waals surface area contributed by atoms with Gasteiger partial charge in [-0.1, -0.05) is 12.2 Å². The lowest BCUT2D eigenvalue weighted by atomic mass is 9.99. The highest BCUT2D eigenvalue weighted by atomic mass is 16.7. The molecule has 0 bridgehead atoms. The number of methoxy groups -OCH3 is 1. The lowest BCUT2D eigenvalue weighted by Gasteiger charge is -2.39. The molecule has 1 aromatic carbocycles. The number of allylic oxidation sites excluding steroid dienone is 1.